The summed E-state index contributed by atoms with van der Waals surface area (Å²) in [7, 11) is 1.35. The van der Waals surface area contributed by atoms with Gasteiger partial charge in [-0.1, -0.05) is 6.92 Å². The molecule has 0 spiro atoms. The normalized spacial score (nSPS) is 22.7. The van der Waals surface area contributed by atoms with Crippen LogP contribution in [0.4, 0.5) is 0 Å². The predicted molar refractivity (Wildman–Crippen MR) is 59.6 cm³/mol. The minimum atomic E-state index is -0.509. The van der Waals surface area contributed by atoms with Gasteiger partial charge in [-0.25, -0.2) is 4.79 Å². The molecule has 16 heavy (non-hydrogen) atoms. The number of carbonyl (C=O) groups excluding carboxylic acids is 2. The first-order valence-electron chi connectivity index (χ1n) is 5.75. The van der Waals surface area contributed by atoms with Crippen LogP contribution in [0.15, 0.2) is 0 Å². The molecule has 1 amide bonds. The van der Waals surface area contributed by atoms with Crippen molar-refractivity contribution in [2.45, 2.75) is 44.7 Å². The molecule has 1 aliphatic rings. The fraction of sp³-hybridized carbons (Fsp3) is 0.818. The predicted octanol–water partition coefficient (Wildman–Crippen LogP) is 0.278. The number of hydrogen-bond donors (Lipinski definition) is 1. The molecule has 5 nitrogen and oxygen atoms in total. The molecule has 5 heteroatoms. The number of likely N-dealkylation sites (tertiary alicyclic amines) is 1. The van der Waals surface area contributed by atoms with Crippen molar-refractivity contribution in [1.82, 2.24) is 4.90 Å². The second-order valence-corrected chi connectivity index (χ2v) is 4.08. The van der Waals surface area contributed by atoms with E-state index in [9.17, 15) is 9.59 Å². The minimum Gasteiger partial charge on any atom is -0.467 e. The molecule has 1 rings (SSSR count). The Morgan fingerprint density at radius 3 is 2.75 bits per heavy atom. The van der Waals surface area contributed by atoms with E-state index >= 15 is 0 Å². The summed E-state index contributed by atoms with van der Waals surface area (Å²) in [6.07, 6.45) is 3.14. The lowest BCUT2D eigenvalue weighted by molar-refractivity contribution is -0.155. The zero-order valence-corrected chi connectivity index (χ0v) is 9.94. The summed E-state index contributed by atoms with van der Waals surface area (Å²) in [6, 6.07) is -0.950. The number of ether oxygens (including phenoxy) is 1. The molecule has 0 aromatic heterocycles. The third-order valence-electron chi connectivity index (χ3n) is 3.02. The maximum atomic E-state index is 12.0. The topological polar surface area (TPSA) is 72.6 Å². The lowest BCUT2D eigenvalue weighted by Gasteiger charge is -2.35. The van der Waals surface area contributed by atoms with Crippen molar-refractivity contribution in [1.29, 1.82) is 0 Å². The van der Waals surface area contributed by atoms with Crippen LogP contribution in [0.3, 0.4) is 0 Å². The fourth-order valence-electron chi connectivity index (χ4n) is 1.96. The van der Waals surface area contributed by atoms with E-state index in [1.54, 1.807) is 4.90 Å². The number of piperidine rings is 1. The van der Waals surface area contributed by atoms with Gasteiger partial charge in [-0.05, 0) is 25.7 Å². The van der Waals surface area contributed by atoms with E-state index in [0.29, 0.717) is 19.4 Å². The molecule has 2 atom stereocenters. The van der Waals surface area contributed by atoms with Gasteiger partial charge in [0.1, 0.15) is 6.04 Å². The van der Waals surface area contributed by atoms with Crippen molar-refractivity contribution in [3.63, 3.8) is 0 Å². The number of nitrogens with zero attached hydrogens (tertiary/aromatic N) is 1. The van der Waals surface area contributed by atoms with Crippen molar-refractivity contribution in [2.75, 3.05) is 13.7 Å². The summed E-state index contributed by atoms with van der Waals surface area (Å²) >= 11 is 0. The molecule has 0 aromatic carbocycles. The van der Waals surface area contributed by atoms with Gasteiger partial charge >= 0.3 is 5.97 Å². The molecule has 0 aliphatic carbocycles. The largest absolute Gasteiger partial charge is 0.467 e. The van der Waals surface area contributed by atoms with Crippen LogP contribution in [0.5, 0.6) is 0 Å². The summed E-state index contributed by atoms with van der Waals surface area (Å²) in [5, 5.41) is 0. The number of carbonyl (C=O) groups is 2. The Hall–Kier alpha value is -1.10. The maximum Gasteiger partial charge on any atom is 0.328 e. The van der Waals surface area contributed by atoms with Gasteiger partial charge < -0.3 is 15.4 Å². The van der Waals surface area contributed by atoms with Gasteiger partial charge in [0, 0.05) is 6.54 Å². The highest BCUT2D eigenvalue weighted by atomic mass is 16.5. The molecule has 1 aliphatic heterocycles. The van der Waals surface area contributed by atoms with Gasteiger partial charge in [-0.3, -0.25) is 4.79 Å². The zero-order valence-electron chi connectivity index (χ0n) is 9.94. The molecule has 1 fully saturated rings. The van der Waals surface area contributed by atoms with E-state index < -0.39 is 12.1 Å². The first kappa shape index (κ1) is 13.0. The summed E-state index contributed by atoms with van der Waals surface area (Å²) < 4.78 is 4.71. The van der Waals surface area contributed by atoms with Gasteiger partial charge in [0.05, 0.1) is 13.2 Å². The summed E-state index contributed by atoms with van der Waals surface area (Å²) in [4.78, 5) is 25.1. The average molecular weight is 228 g/mol. The molecule has 1 saturated heterocycles. The Morgan fingerprint density at radius 2 is 2.19 bits per heavy atom. The molecule has 2 N–H and O–H groups in total. The van der Waals surface area contributed by atoms with Crippen LogP contribution in [-0.4, -0.2) is 42.5 Å². The van der Waals surface area contributed by atoms with Crippen LogP contribution >= 0.6 is 0 Å². The molecule has 2 unspecified atom stereocenters. The minimum absolute atomic E-state index is 0.141. The second-order valence-electron chi connectivity index (χ2n) is 4.08. The first-order valence-corrected chi connectivity index (χ1v) is 5.75. The number of amides is 1. The second kappa shape index (κ2) is 5.84. The van der Waals surface area contributed by atoms with Crippen LogP contribution < -0.4 is 5.73 Å². The van der Waals surface area contributed by atoms with Crippen LogP contribution in [0.1, 0.15) is 32.6 Å². The summed E-state index contributed by atoms with van der Waals surface area (Å²) in [5.74, 6) is -0.478. The fourth-order valence-corrected chi connectivity index (χ4v) is 1.96. The molecule has 92 valence electrons. The van der Waals surface area contributed by atoms with Crippen molar-refractivity contribution in [2.24, 2.45) is 5.73 Å². The van der Waals surface area contributed by atoms with Crippen LogP contribution in [0.25, 0.3) is 0 Å². The number of esters is 1. The van der Waals surface area contributed by atoms with Crippen LogP contribution in [-0.2, 0) is 14.3 Å². The van der Waals surface area contributed by atoms with E-state index in [1.165, 1.54) is 7.11 Å². The van der Waals surface area contributed by atoms with E-state index in [2.05, 4.69) is 0 Å². The highest BCUT2D eigenvalue weighted by molar-refractivity contribution is 5.87. The van der Waals surface area contributed by atoms with Crippen molar-refractivity contribution in [3.8, 4) is 0 Å². The molecule has 0 aromatic rings. The first-order chi connectivity index (χ1) is 7.61. The lowest BCUT2D eigenvalue weighted by atomic mass is 10.0. The Labute approximate surface area is 95.9 Å². The standard InChI is InChI=1S/C11H20N2O3/c1-3-8(12)10(14)13-7-5-4-6-9(13)11(15)16-2/h8-9H,3-7,12H2,1-2H3. The van der Waals surface area contributed by atoms with E-state index in [-0.39, 0.29) is 11.9 Å². The molecule has 0 saturated carbocycles. The Balaban J connectivity index is 2.73. The van der Waals surface area contributed by atoms with Crippen LogP contribution in [0, 0.1) is 0 Å². The van der Waals surface area contributed by atoms with Gasteiger partial charge in [0.25, 0.3) is 0 Å². The van der Waals surface area contributed by atoms with Gasteiger partial charge in [0.2, 0.25) is 5.91 Å². The average Bonchev–Trinajstić information content (AvgIpc) is 2.35. The van der Waals surface area contributed by atoms with Crippen molar-refractivity contribution in [3.05, 3.63) is 0 Å². The summed E-state index contributed by atoms with van der Waals surface area (Å²) in [6.45, 7) is 2.46. The van der Waals surface area contributed by atoms with E-state index in [0.717, 1.165) is 12.8 Å². The number of methoxy groups -OCH3 is 1. The van der Waals surface area contributed by atoms with E-state index in [4.69, 9.17) is 10.5 Å². The zero-order chi connectivity index (χ0) is 12.1. The number of rotatable bonds is 3. The van der Waals surface area contributed by atoms with Gasteiger partial charge in [0.15, 0.2) is 0 Å². The highest BCUT2D eigenvalue weighted by Gasteiger charge is 2.34. The SMILES string of the molecule is CCC(N)C(=O)N1CCCCC1C(=O)OC. The Morgan fingerprint density at radius 1 is 1.50 bits per heavy atom. The molecular formula is C11H20N2O3. The maximum absolute atomic E-state index is 12.0. The van der Waals surface area contributed by atoms with Crippen molar-refractivity contribution >= 4 is 11.9 Å². The Bertz CT molecular complexity index is 268. The van der Waals surface area contributed by atoms with Crippen LogP contribution in [0.2, 0.25) is 0 Å². The summed E-state index contributed by atoms with van der Waals surface area (Å²) in [5.41, 5.74) is 5.71. The third kappa shape index (κ3) is 2.72. The lowest BCUT2D eigenvalue weighted by Crippen LogP contribution is -2.53. The quantitative estimate of drug-likeness (QED) is 0.704. The monoisotopic (exact) mass is 228 g/mol. The van der Waals surface area contributed by atoms with E-state index in [1.807, 2.05) is 6.92 Å². The molecule has 1 heterocycles. The molecular weight excluding hydrogens is 208 g/mol. The Kier molecular flexibility index (Phi) is 4.73. The molecule has 0 bridgehead atoms. The van der Waals surface area contributed by atoms with Crippen molar-refractivity contribution < 1.29 is 14.3 Å². The number of hydrogen-bond acceptors (Lipinski definition) is 4. The highest BCUT2D eigenvalue weighted by Crippen LogP contribution is 2.19. The van der Waals surface area contributed by atoms with Gasteiger partial charge in [-0.15, -0.1) is 0 Å². The smallest absolute Gasteiger partial charge is 0.328 e. The van der Waals surface area contributed by atoms with Gasteiger partial charge in [-0.2, -0.15) is 0 Å². The third-order valence-corrected chi connectivity index (χ3v) is 3.02. The number of nitrogens with two attached hydrogens (primary N) is 1. The molecule has 0 radical (unpaired) electrons.